The molecule has 0 spiro atoms. The van der Waals surface area contributed by atoms with Crippen LogP contribution in [-0.2, 0) is 14.6 Å². The van der Waals surface area contributed by atoms with Gasteiger partial charge in [0.1, 0.15) is 5.52 Å². The van der Waals surface area contributed by atoms with E-state index in [2.05, 4.69) is 4.98 Å². The molecule has 0 radical (unpaired) electrons. The zero-order valence-corrected chi connectivity index (χ0v) is 16.5. The zero-order valence-electron chi connectivity index (χ0n) is 14.9. The molecule has 1 atom stereocenters. The molecule has 28 heavy (non-hydrogen) atoms. The van der Waals surface area contributed by atoms with Gasteiger partial charge in [-0.2, -0.15) is 0 Å². The largest absolute Gasteiger partial charge is 0.439 e. The molecule has 1 heterocycles. The monoisotopic (exact) mass is 417 g/mol. The molecule has 3 aromatic rings. The molecule has 0 saturated heterocycles. The first kappa shape index (κ1) is 18.8. The highest BCUT2D eigenvalue weighted by Gasteiger charge is 2.42. The Bertz CT molecular complexity index is 1180. The summed E-state index contributed by atoms with van der Waals surface area (Å²) >= 11 is 6.19. The maximum absolute atomic E-state index is 13.2. The Hall–Kier alpha value is -2.51. The van der Waals surface area contributed by atoms with Gasteiger partial charge in [0.25, 0.3) is 0 Å². The minimum atomic E-state index is -3.47. The number of oxazole rings is 1. The van der Waals surface area contributed by atoms with Crippen molar-refractivity contribution in [3.63, 3.8) is 0 Å². The van der Waals surface area contributed by atoms with Crippen molar-refractivity contribution in [2.75, 3.05) is 6.26 Å². The van der Waals surface area contributed by atoms with Gasteiger partial charge in [0, 0.05) is 17.7 Å². The summed E-state index contributed by atoms with van der Waals surface area (Å²) in [5, 5.41) is -0.0300. The van der Waals surface area contributed by atoms with E-state index in [0.717, 1.165) is 19.1 Å². The van der Waals surface area contributed by atoms with Crippen LogP contribution in [-0.4, -0.2) is 31.2 Å². The molecule has 2 aromatic carbocycles. The first-order valence-electron chi connectivity index (χ1n) is 8.68. The Morgan fingerprint density at radius 3 is 2.50 bits per heavy atom. The van der Waals surface area contributed by atoms with E-state index >= 15 is 0 Å². The van der Waals surface area contributed by atoms with Gasteiger partial charge in [-0.05, 0) is 43.2 Å². The third-order valence-corrected chi connectivity index (χ3v) is 6.14. The van der Waals surface area contributed by atoms with Crippen LogP contribution in [0.1, 0.15) is 35.0 Å². The maximum Gasteiger partial charge on any atom is 0.214 e. The van der Waals surface area contributed by atoms with Gasteiger partial charge < -0.3 is 4.42 Å². The molecular formula is C20H16ClNO5S. The highest BCUT2D eigenvalue weighted by atomic mass is 35.5. The number of hydrogen-bond acceptors (Lipinski definition) is 6. The number of ketones is 2. The fourth-order valence-electron chi connectivity index (χ4n) is 3.06. The Balaban J connectivity index is 1.78. The number of rotatable bonds is 6. The van der Waals surface area contributed by atoms with Crippen LogP contribution in [0.25, 0.3) is 11.1 Å². The van der Waals surface area contributed by atoms with Crippen molar-refractivity contribution in [3.8, 4) is 0 Å². The predicted molar refractivity (Wildman–Crippen MR) is 103 cm³/mol. The summed E-state index contributed by atoms with van der Waals surface area (Å²) in [4.78, 5) is 30.4. The van der Waals surface area contributed by atoms with Crippen molar-refractivity contribution in [3.05, 3.63) is 58.9 Å². The van der Waals surface area contributed by atoms with E-state index in [9.17, 15) is 18.0 Å². The second kappa shape index (κ2) is 6.83. The minimum Gasteiger partial charge on any atom is -0.439 e. The molecular weight excluding hydrogens is 402 g/mol. The van der Waals surface area contributed by atoms with Gasteiger partial charge in [-0.25, -0.2) is 13.4 Å². The number of carbonyl (C=O) groups is 2. The summed E-state index contributed by atoms with van der Waals surface area (Å²) in [7, 11) is -3.47. The zero-order chi connectivity index (χ0) is 20.1. The van der Waals surface area contributed by atoms with Crippen molar-refractivity contribution < 1.29 is 22.4 Å². The summed E-state index contributed by atoms with van der Waals surface area (Å²) < 4.78 is 29.1. The van der Waals surface area contributed by atoms with Gasteiger partial charge in [0.2, 0.25) is 5.89 Å². The molecule has 1 saturated carbocycles. The van der Waals surface area contributed by atoms with E-state index in [4.69, 9.17) is 16.0 Å². The normalized spacial score (nSPS) is 15.5. The first-order valence-corrected chi connectivity index (χ1v) is 11.0. The van der Waals surface area contributed by atoms with E-state index in [1.54, 1.807) is 24.3 Å². The number of aromatic nitrogens is 1. The number of halogens is 1. The molecule has 1 aliphatic carbocycles. The van der Waals surface area contributed by atoms with Crippen LogP contribution in [0.3, 0.4) is 0 Å². The molecule has 0 amide bonds. The smallest absolute Gasteiger partial charge is 0.214 e. The Morgan fingerprint density at radius 1 is 1.18 bits per heavy atom. The molecule has 144 valence electrons. The number of benzene rings is 2. The minimum absolute atomic E-state index is 0.000909. The summed E-state index contributed by atoms with van der Waals surface area (Å²) in [6.07, 6.45) is 2.51. The SMILES string of the molecule is CS(=O)(=O)c1ccc(C(=O)C(C(=O)C2CC2)c2nc3ccccc3o2)c(Cl)c1. The molecule has 1 aromatic heterocycles. The molecule has 6 nitrogen and oxygen atoms in total. The highest BCUT2D eigenvalue weighted by Crippen LogP contribution is 2.38. The van der Waals surface area contributed by atoms with Crippen molar-refractivity contribution in [2.24, 2.45) is 5.92 Å². The molecule has 4 rings (SSSR count). The highest BCUT2D eigenvalue weighted by molar-refractivity contribution is 7.90. The van der Waals surface area contributed by atoms with Crippen molar-refractivity contribution in [1.82, 2.24) is 4.98 Å². The number of nitrogens with zero attached hydrogens (tertiary/aromatic N) is 1. The third kappa shape index (κ3) is 3.47. The third-order valence-electron chi connectivity index (χ3n) is 4.72. The Morgan fingerprint density at radius 2 is 1.89 bits per heavy atom. The molecule has 0 aliphatic heterocycles. The van der Waals surface area contributed by atoms with Gasteiger partial charge in [-0.3, -0.25) is 9.59 Å². The lowest BCUT2D eigenvalue weighted by Gasteiger charge is -2.13. The van der Waals surface area contributed by atoms with Gasteiger partial charge in [-0.1, -0.05) is 23.7 Å². The van der Waals surface area contributed by atoms with Crippen molar-refractivity contribution in [1.29, 1.82) is 0 Å². The quantitative estimate of drug-likeness (QED) is 0.447. The lowest BCUT2D eigenvalue weighted by atomic mass is 9.91. The van der Waals surface area contributed by atoms with Crippen LogP contribution in [0, 0.1) is 5.92 Å². The van der Waals surface area contributed by atoms with E-state index in [0.29, 0.717) is 11.1 Å². The summed E-state index contributed by atoms with van der Waals surface area (Å²) in [5.74, 6) is -2.17. The van der Waals surface area contributed by atoms with Gasteiger partial charge in [0.15, 0.2) is 32.9 Å². The van der Waals surface area contributed by atoms with E-state index < -0.39 is 21.5 Å². The number of para-hydroxylation sites is 2. The predicted octanol–water partition coefficient (Wildman–Crippen LogP) is 3.83. The number of carbonyl (C=O) groups excluding carboxylic acids is 2. The number of sulfone groups is 1. The lowest BCUT2D eigenvalue weighted by molar-refractivity contribution is -0.121. The summed E-state index contributed by atoms with van der Waals surface area (Å²) in [6.45, 7) is 0. The standard InChI is InChI=1S/C20H16ClNO5S/c1-28(25,26)12-8-9-13(14(21)10-12)19(24)17(18(23)11-6-7-11)20-22-15-4-2-3-5-16(15)27-20/h2-5,8-11,17H,6-7H2,1H3. The Kier molecular flexibility index (Phi) is 4.59. The molecule has 1 unspecified atom stereocenters. The van der Waals surface area contributed by atoms with Crippen LogP contribution >= 0.6 is 11.6 Å². The van der Waals surface area contributed by atoms with E-state index in [1.165, 1.54) is 18.2 Å². The molecule has 8 heteroatoms. The summed E-state index contributed by atoms with van der Waals surface area (Å²) in [6, 6.07) is 10.9. The van der Waals surface area contributed by atoms with Crippen LogP contribution in [0.4, 0.5) is 0 Å². The Labute approximate surface area is 166 Å². The lowest BCUT2D eigenvalue weighted by Crippen LogP contribution is -2.24. The van der Waals surface area contributed by atoms with Crippen LogP contribution in [0.5, 0.6) is 0 Å². The van der Waals surface area contributed by atoms with Crippen LogP contribution < -0.4 is 0 Å². The van der Waals surface area contributed by atoms with Gasteiger partial charge in [-0.15, -0.1) is 0 Å². The first-order chi connectivity index (χ1) is 13.3. The van der Waals surface area contributed by atoms with Crippen LogP contribution in [0.15, 0.2) is 51.8 Å². The fraction of sp³-hybridized carbons (Fsp3) is 0.250. The second-order valence-electron chi connectivity index (χ2n) is 6.91. The molecule has 0 bridgehead atoms. The molecule has 1 fully saturated rings. The number of Topliss-reactive ketones (excluding diaryl/α,β-unsaturated/α-hetero) is 2. The average Bonchev–Trinajstić information content (AvgIpc) is 3.40. The summed E-state index contributed by atoms with van der Waals surface area (Å²) in [5.41, 5.74) is 1.10. The average molecular weight is 418 g/mol. The second-order valence-corrected chi connectivity index (χ2v) is 9.33. The number of hydrogen-bond donors (Lipinski definition) is 0. The number of fused-ring (bicyclic) bond motifs is 1. The van der Waals surface area contributed by atoms with Crippen LogP contribution in [0.2, 0.25) is 5.02 Å². The van der Waals surface area contributed by atoms with E-state index in [1.807, 2.05) is 0 Å². The van der Waals surface area contributed by atoms with Gasteiger partial charge >= 0.3 is 0 Å². The maximum atomic E-state index is 13.2. The van der Waals surface area contributed by atoms with Crippen molar-refractivity contribution >= 4 is 44.1 Å². The van der Waals surface area contributed by atoms with E-state index in [-0.39, 0.29) is 33.1 Å². The van der Waals surface area contributed by atoms with Gasteiger partial charge in [0.05, 0.1) is 9.92 Å². The molecule has 1 aliphatic rings. The van der Waals surface area contributed by atoms with Crippen molar-refractivity contribution in [2.45, 2.75) is 23.7 Å². The molecule has 0 N–H and O–H groups in total. The topological polar surface area (TPSA) is 94.3 Å². The fourth-order valence-corrected chi connectivity index (χ4v) is 4.05.